The number of carbonyl (C=O) groups is 1. The lowest BCUT2D eigenvalue weighted by Crippen LogP contribution is -2.19. The Balaban J connectivity index is 1.58. The van der Waals surface area contributed by atoms with E-state index in [1.165, 1.54) is 10.9 Å². The fourth-order valence-corrected chi connectivity index (χ4v) is 3.57. The summed E-state index contributed by atoms with van der Waals surface area (Å²) in [4.78, 5) is 32.8. The monoisotopic (exact) mass is 489 g/mol. The number of para-hydroxylation sites is 1. The van der Waals surface area contributed by atoms with Crippen molar-refractivity contribution in [2.45, 2.75) is 6.92 Å². The molecule has 2 aromatic carbocycles. The molecule has 0 aliphatic carbocycles. The van der Waals surface area contributed by atoms with Gasteiger partial charge in [0.15, 0.2) is 5.65 Å². The molecule has 0 spiro atoms. The summed E-state index contributed by atoms with van der Waals surface area (Å²) in [6.07, 6.45) is 1.47. The first-order valence-electron chi connectivity index (χ1n) is 9.67. The molecule has 3 heterocycles. The molecule has 32 heavy (non-hydrogen) atoms. The molecule has 0 saturated heterocycles. The summed E-state index contributed by atoms with van der Waals surface area (Å²) in [5, 5.41) is 11.9. The summed E-state index contributed by atoms with van der Waals surface area (Å²) in [7, 11) is 0. The molecule has 0 saturated carbocycles. The molecule has 1 amide bonds. The number of benzene rings is 2. The number of aromatic nitrogens is 6. The number of amides is 1. The van der Waals surface area contributed by atoms with Crippen molar-refractivity contribution in [3.8, 4) is 11.6 Å². The van der Waals surface area contributed by atoms with Crippen LogP contribution in [0.15, 0.2) is 76.1 Å². The highest BCUT2D eigenvalue weighted by Crippen LogP contribution is 2.19. The Kier molecular flexibility index (Phi) is 4.91. The van der Waals surface area contributed by atoms with E-state index in [4.69, 9.17) is 0 Å². The lowest BCUT2D eigenvalue weighted by Gasteiger charge is -2.09. The largest absolute Gasteiger partial charge is 0.306 e. The van der Waals surface area contributed by atoms with E-state index >= 15 is 0 Å². The maximum Gasteiger partial charge on any atom is 0.263 e. The Morgan fingerprint density at radius 3 is 2.56 bits per heavy atom. The first kappa shape index (κ1) is 19.9. The minimum Gasteiger partial charge on any atom is -0.306 e. The van der Waals surface area contributed by atoms with Gasteiger partial charge in [0.1, 0.15) is 11.2 Å². The first-order valence-corrected chi connectivity index (χ1v) is 10.5. The molecule has 5 rings (SSSR count). The zero-order valence-electron chi connectivity index (χ0n) is 16.8. The van der Waals surface area contributed by atoms with Gasteiger partial charge in [-0.15, -0.1) is 0 Å². The van der Waals surface area contributed by atoms with Crippen molar-refractivity contribution in [2.24, 2.45) is 0 Å². The van der Waals surface area contributed by atoms with E-state index in [9.17, 15) is 9.59 Å². The molecular weight excluding hydrogens is 474 g/mol. The van der Waals surface area contributed by atoms with Gasteiger partial charge in [-0.2, -0.15) is 19.9 Å². The SMILES string of the molecule is Cc1cc(NC(=O)c2ccc(Br)cc2)n(-c2nc3c(cnn3-c3ccccc3)c(=O)[nH]2)n1. The third-order valence-electron chi connectivity index (χ3n) is 4.81. The van der Waals surface area contributed by atoms with Crippen molar-refractivity contribution >= 4 is 38.7 Å². The minimum absolute atomic E-state index is 0.166. The fourth-order valence-electron chi connectivity index (χ4n) is 3.31. The van der Waals surface area contributed by atoms with E-state index < -0.39 is 0 Å². The second-order valence-electron chi connectivity index (χ2n) is 7.06. The quantitative estimate of drug-likeness (QED) is 0.400. The molecule has 0 aliphatic heterocycles. The normalized spacial score (nSPS) is 11.1. The average Bonchev–Trinajstić information content (AvgIpc) is 3.38. The van der Waals surface area contributed by atoms with Gasteiger partial charge in [0.2, 0.25) is 5.95 Å². The minimum atomic E-state index is -0.356. The highest BCUT2D eigenvalue weighted by molar-refractivity contribution is 9.10. The number of aromatic amines is 1. The number of H-pyrrole nitrogens is 1. The van der Waals surface area contributed by atoms with E-state index in [0.29, 0.717) is 28.1 Å². The van der Waals surface area contributed by atoms with E-state index in [1.54, 1.807) is 41.9 Å². The molecule has 0 aliphatic rings. The van der Waals surface area contributed by atoms with Crippen molar-refractivity contribution < 1.29 is 4.79 Å². The summed E-state index contributed by atoms with van der Waals surface area (Å²) in [5.74, 6) is 0.236. The molecule has 9 nitrogen and oxygen atoms in total. The third-order valence-corrected chi connectivity index (χ3v) is 5.34. The molecule has 0 atom stereocenters. The highest BCUT2D eigenvalue weighted by atomic mass is 79.9. The van der Waals surface area contributed by atoms with Gasteiger partial charge in [-0.3, -0.25) is 14.6 Å². The van der Waals surface area contributed by atoms with Crippen LogP contribution in [-0.4, -0.2) is 35.4 Å². The van der Waals surface area contributed by atoms with E-state index in [1.807, 2.05) is 30.3 Å². The number of nitrogens with zero attached hydrogens (tertiary/aromatic N) is 5. The standard InChI is InChI=1S/C22H16BrN7O2/c1-13-11-18(25-20(31)14-7-9-15(23)10-8-14)30(28-13)22-26-19-17(21(32)27-22)12-24-29(19)16-5-3-2-4-6-16/h2-12H,1H3,(H,25,31)(H,26,27,32). The maximum absolute atomic E-state index is 12.7. The number of carbonyl (C=O) groups excluding carboxylic acids is 1. The van der Waals surface area contributed by atoms with Crippen LogP contribution in [0.1, 0.15) is 16.1 Å². The molecule has 0 radical (unpaired) electrons. The number of fused-ring (bicyclic) bond motifs is 1. The van der Waals surface area contributed by atoms with Gasteiger partial charge in [0.05, 0.1) is 17.6 Å². The Labute approximate surface area is 189 Å². The molecule has 0 bridgehead atoms. The van der Waals surface area contributed by atoms with Crippen molar-refractivity contribution in [1.29, 1.82) is 0 Å². The van der Waals surface area contributed by atoms with Crippen LogP contribution in [0, 0.1) is 6.92 Å². The zero-order chi connectivity index (χ0) is 22.2. The zero-order valence-corrected chi connectivity index (χ0v) is 18.4. The first-order chi connectivity index (χ1) is 15.5. The maximum atomic E-state index is 12.7. The van der Waals surface area contributed by atoms with Crippen molar-refractivity contribution in [1.82, 2.24) is 29.5 Å². The van der Waals surface area contributed by atoms with E-state index in [0.717, 1.165) is 10.2 Å². The average molecular weight is 490 g/mol. The lowest BCUT2D eigenvalue weighted by atomic mass is 10.2. The summed E-state index contributed by atoms with van der Waals surface area (Å²) in [6.45, 7) is 1.79. The second kappa shape index (κ2) is 7.89. The van der Waals surface area contributed by atoms with Crippen LogP contribution in [-0.2, 0) is 0 Å². The molecule has 10 heteroatoms. The molecular formula is C22H16BrN7O2. The number of rotatable bonds is 4. The van der Waals surface area contributed by atoms with E-state index in [2.05, 4.69) is 41.4 Å². The van der Waals surface area contributed by atoms with Gasteiger partial charge < -0.3 is 5.32 Å². The summed E-state index contributed by atoms with van der Waals surface area (Å²) >= 11 is 3.36. The fraction of sp³-hybridized carbons (Fsp3) is 0.0455. The summed E-state index contributed by atoms with van der Waals surface area (Å²) in [5.41, 5.74) is 1.93. The Bertz CT molecular complexity index is 1500. The van der Waals surface area contributed by atoms with Crippen LogP contribution in [0.25, 0.3) is 22.7 Å². The molecule has 0 unspecified atom stereocenters. The number of anilines is 1. The number of hydrogen-bond acceptors (Lipinski definition) is 5. The van der Waals surface area contributed by atoms with Gasteiger partial charge in [0.25, 0.3) is 11.5 Å². The van der Waals surface area contributed by atoms with Crippen LogP contribution in [0.4, 0.5) is 5.82 Å². The van der Waals surface area contributed by atoms with Gasteiger partial charge in [-0.05, 0) is 43.3 Å². The number of nitrogens with one attached hydrogen (secondary N) is 2. The van der Waals surface area contributed by atoms with Crippen LogP contribution < -0.4 is 10.9 Å². The molecule has 0 fully saturated rings. The van der Waals surface area contributed by atoms with Gasteiger partial charge >= 0.3 is 0 Å². The Morgan fingerprint density at radius 1 is 1.06 bits per heavy atom. The van der Waals surface area contributed by atoms with Crippen LogP contribution in [0.5, 0.6) is 0 Å². The predicted octanol–water partition coefficient (Wildman–Crippen LogP) is 3.62. The lowest BCUT2D eigenvalue weighted by molar-refractivity contribution is 0.102. The van der Waals surface area contributed by atoms with Gasteiger partial charge in [0, 0.05) is 16.1 Å². The van der Waals surface area contributed by atoms with E-state index in [-0.39, 0.29) is 17.4 Å². The topological polar surface area (TPSA) is 110 Å². The van der Waals surface area contributed by atoms with Crippen molar-refractivity contribution in [2.75, 3.05) is 5.32 Å². The van der Waals surface area contributed by atoms with Crippen LogP contribution in [0.3, 0.4) is 0 Å². The molecule has 5 aromatic rings. The summed E-state index contributed by atoms with van der Waals surface area (Å²) < 4.78 is 3.86. The second-order valence-corrected chi connectivity index (χ2v) is 7.98. The Hall–Kier alpha value is -4.05. The summed E-state index contributed by atoms with van der Waals surface area (Å²) in [6, 6.07) is 18.1. The van der Waals surface area contributed by atoms with Gasteiger partial charge in [-0.1, -0.05) is 34.1 Å². The number of aryl methyl sites for hydroxylation is 1. The smallest absolute Gasteiger partial charge is 0.263 e. The Morgan fingerprint density at radius 2 is 1.81 bits per heavy atom. The molecule has 158 valence electrons. The molecule has 3 aromatic heterocycles. The highest BCUT2D eigenvalue weighted by Gasteiger charge is 2.17. The number of hydrogen-bond donors (Lipinski definition) is 2. The molecule has 2 N–H and O–H groups in total. The van der Waals surface area contributed by atoms with Crippen molar-refractivity contribution in [3.05, 3.63) is 92.9 Å². The van der Waals surface area contributed by atoms with Crippen LogP contribution in [0.2, 0.25) is 0 Å². The van der Waals surface area contributed by atoms with Gasteiger partial charge in [-0.25, -0.2) is 4.68 Å². The van der Waals surface area contributed by atoms with Crippen molar-refractivity contribution in [3.63, 3.8) is 0 Å². The predicted molar refractivity (Wildman–Crippen MR) is 123 cm³/mol. The van der Waals surface area contributed by atoms with Crippen LogP contribution >= 0.6 is 15.9 Å². The number of halogens is 1. The third kappa shape index (κ3) is 3.60.